The van der Waals surface area contributed by atoms with Gasteiger partial charge < -0.3 is 19.9 Å². The molecule has 0 spiro atoms. The zero-order valence-electron chi connectivity index (χ0n) is 12.7. The minimum atomic E-state index is -0.411. The van der Waals surface area contributed by atoms with Crippen LogP contribution in [0.3, 0.4) is 0 Å². The zero-order chi connectivity index (χ0) is 15.2. The van der Waals surface area contributed by atoms with Crippen LogP contribution in [0.15, 0.2) is 12.1 Å². The fourth-order valence-electron chi connectivity index (χ4n) is 2.67. The second-order valence-electron chi connectivity index (χ2n) is 5.38. The Hall–Kier alpha value is -0.970. The highest BCUT2D eigenvalue weighted by molar-refractivity contribution is 6.30. The van der Waals surface area contributed by atoms with E-state index < -0.39 is 6.10 Å². The second-order valence-corrected chi connectivity index (χ2v) is 5.82. The molecule has 2 rings (SSSR count). The Labute approximate surface area is 131 Å². The highest BCUT2D eigenvalue weighted by atomic mass is 35.5. The van der Waals surface area contributed by atoms with Crippen molar-refractivity contribution in [2.24, 2.45) is 0 Å². The van der Waals surface area contributed by atoms with E-state index in [2.05, 4.69) is 5.32 Å². The minimum absolute atomic E-state index is 0.172. The standard InChI is InChI=1S/C16H24ClNO3/c1-3-18-10-11-8-12(17)9-15(20-2)16(11)21-14-7-5-4-6-13(14)19/h8-9,13-14,18-19H,3-7,10H2,1-2H3. The molecule has 1 fully saturated rings. The largest absolute Gasteiger partial charge is 0.493 e. The van der Waals surface area contributed by atoms with Crippen molar-refractivity contribution in [3.63, 3.8) is 0 Å². The summed E-state index contributed by atoms with van der Waals surface area (Å²) in [6.07, 6.45) is 3.22. The molecule has 2 atom stereocenters. The molecule has 0 radical (unpaired) electrons. The van der Waals surface area contributed by atoms with Crippen molar-refractivity contribution in [1.29, 1.82) is 0 Å². The highest BCUT2D eigenvalue weighted by Gasteiger charge is 2.27. The first-order valence-corrected chi connectivity index (χ1v) is 7.95. The molecule has 118 valence electrons. The van der Waals surface area contributed by atoms with Crippen LogP contribution in [0.1, 0.15) is 38.2 Å². The first-order chi connectivity index (χ1) is 10.2. The second kappa shape index (κ2) is 7.87. The summed E-state index contributed by atoms with van der Waals surface area (Å²) >= 11 is 6.14. The number of rotatable bonds is 6. The van der Waals surface area contributed by atoms with E-state index in [1.54, 1.807) is 13.2 Å². The third-order valence-corrected chi connectivity index (χ3v) is 4.04. The Morgan fingerprint density at radius 1 is 1.33 bits per heavy atom. The molecule has 21 heavy (non-hydrogen) atoms. The Morgan fingerprint density at radius 2 is 2.10 bits per heavy atom. The maximum Gasteiger partial charge on any atom is 0.166 e. The quantitative estimate of drug-likeness (QED) is 0.847. The van der Waals surface area contributed by atoms with E-state index >= 15 is 0 Å². The van der Waals surface area contributed by atoms with E-state index in [-0.39, 0.29) is 6.10 Å². The van der Waals surface area contributed by atoms with Gasteiger partial charge in [-0.05, 0) is 31.9 Å². The van der Waals surface area contributed by atoms with E-state index in [0.717, 1.165) is 37.8 Å². The van der Waals surface area contributed by atoms with Gasteiger partial charge in [0.05, 0.1) is 13.2 Å². The van der Waals surface area contributed by atoms with Crippen LogP contribution in [0.5, 0.6) is 11.5 Å². The predicted octanol–water partition coefficient (Wildman–Crippen LogP) is 3.14. The van der Waals surface area contributed by atoms with Crippen LogP contribution >= 0.6 is 11.6 Å². The molecule has 0 aromatic heterocycles. The van der Waals surface area contributed by atoms with E-state index in [1.165, 1.54) is 0 Å². The summed E-state index contributed by atoms with van der Waals surface area (Å²) in [6.45, 7) is 3.57. The van der Waals surface area contributed by atoms with Gasteiger partial charge in [-0.2, -0.15) is 0 Å². The molecule has 1 aliphatic carbocycles. The van der Waals surface area contributed by atoms with Crippen molar-refractivity contribution in [2.45, 2.75) is 51.4 Å². The zero-order valence-corrected chi connectivity index (χ0v) is 13.4. The SMILES string of the molecule is CCNCc1cc(Cl)cc(OC)c1OC1CCCCC1O. The molecule has 4 nitrogen and oxygen atoms in total. The number of aliphatic hydroxyl groups is 1. The lowest BCUT2D eigenvalue weighted by molar-refractivity contribution is 0.00514. The van der Waals surface area contributed by atoms with Crippen LogP contribution < -0.4 is 14.8 Å². The van der Waals surface area contributed by atoms with E-state index in [1.807, 2.05) is 13.0 Å². The van der Waals surface area contributed by atoms with Crippen molar-refractivity contribution in [3.8, 4) is 11.5 Å². The summed E-state index contributed by atoms with van der Waals surface area (Å²) < 4.78 is 11.5. The van der Waals surface area contributed by atoms with Gasteiger partial charge in [-0.3, -0.25) is 0 Å². The van der Waals surface area contributed by atoms with E-state index in [0.29, 0.717) is 23.1 Å². The number of hydrogen-bond donors (Lipinski definition) is 2. The smallest absolute Gasteiger partial charge is 0.166 e. The summed E-state index contributed by atoms with van der Waals surface area (Å²) in [5.74, 6) is 1.31. The van der Waals surface area contributed by atoms with Crippen molar-refractivity contribution >= 4 is 11.6 Å². The predicted molar refractivity (Wildman–Crippen MR) is 84.3 cm³/mol. The average molecular weight is 314 g/mol. The number of aliphatic hydroxyl groups excluding tert-OH is 1. The Kier molecular flexibility index (Phi) is 6.15. The molecule has 1 aromatic carbocycles. The molecule has 5 heteroatoms. The van der Waals surface area contributed by atoms with Crippen LogP contribution in [0.4, 0.5) is 0 Å². The van der Waals surface area contributed by atoms with Gasteiger partial charge in [0, 0.05) is 23.2 Å². The number of hydrogen-bond acceptors (Lipinski definition) is 4. The normalized spacial score (nSPS) is 22.1. The summed E-state index contributed by atoms with van der Waals surface area (Å²) in [6, 6.07) is 3.64. The summed E-state index contributed by atoms with van der Waals surface area (Å²) in [4.78, 5) is 0. The molecule has 1 saturated carbocycles. The summed E-state index contributed by atoms with van der Waals surface area (Å²) in [7, 11) is 1.60. The lowest BCUT2D eigenvalue weighted by Gasteiger charge is -2.29. The van der Waals surface area contributed by atoms with Crippen molar-refractivity contribution in [3.05, 3.63) is 22.7 Å². The number of benzene rings is 1. The maximum absolute atomic E-state index is 10.1. The Morgan fingerprint density at radius 3 is 2.76 bits per heavy atom. The molecule has 0 bridgehead atoms. The van der Waals surface area contributed by atoms with Crippen LogP contribution in [-0.4, -0.2) is 31.0 Å². The lowest BCUT2D eigenvalue weighted by atomic mass is 9.94. The van der Waals surface area contributed by atoms with E-state index in [4.69, 9.17) is 21.1 Å². The number of ether oxygens (including phenoxy) is 2. The van der Waals surface area contributed by atoms with Crippen LogP contribution in [0.2, 0.25) is 5.02 Å². The van der Waals surface area contributed by atoms with Gasteiger partial charge in [0.2, 0.25) is 0 Å². The van der Waals surface area contributed by atoms with Crippen molar-refractivity contribution < 1.29 is 14.6 Å². The lowest BCUT2D eigenvalue weighted by Crippen LogP contribution is -2.35. The topological polar surface area (TPSA) is 50.7 Å². The van der Waals surface area contributed by atoms with Gasteiger partial charge >= 0.3 is 0 Å². The van der Waals surface area contributed by atoms with Crippen LogP contribution in [0, 0.1) is 0 Å². The van der Waals surface area contributed by atoms with Crippen LogP contribution in [0.25, 0.3) is 0 Å². The molecule has 2 N–H and O–H groups in total. The Balaban J connectivity index is 2.25. The molecule has 0 saturated heterocycles. The molecule has 1 aliphatic rings. The third kappa shape index (κ3) is 4.25. The molecule has 1 aromatic rings. The van der Waals surface area contributed by atoms with Gasteiger partial charge in [-0.15, -0.1) is 0 Å². The van der Waals surface area contributed by atoms with Crippen LogP contribution in [-0.2, 0) is 6.54 Å². The fourth-order valence-corrected chi connectivity index (χ4v) is 2.90. The minimum Gasteiger partial charge on any atom is -0.493 e. The van der Waals surface area contributed by atoms with Gasteiger partial charge in [0.15, 0.2) is 11.5 Å². The molecular formula is C16H24ClNO3. The molecule has 0 heterocycles. The maximum atomic E-state index is 10.1. The molecule has 0 aliphatic heterocycles. The Bertz CT molecular complexity index is 467. The van der Waals surface area contributed by atoms with Gasteiger partial charge in [0.1, 0.15) is 6.10 Å². The van der Waals surface area contributed by atoms with Gasteiger partial charge in [-0.1, -0.05) is 24.9 Å². The van der Waals surface area contributed by atoms with Crippen molar-refractivity contribution in [1.82, 2.24) is 5.32 Å². The van der Waals surface area contributed by atoms with Gasteiger partial charge in [0.25, 0.3) is 0 Å². The van der Waals surface area contributed by atoms with Gasteiger partial charge in [-0.25, -0.2) is 0 Å². The average Bonchev–Trinajstić information content (AvgIpc) is 2.48. The number of nitrogens with one attached hydrogen (secondary N) is 1. The monoisotopic (exact) mass is 313 g/mol. The molecule has 2 unspecified atom stereocenters. The summed E-state index contributed by atoms with van der Waals surface area (Å²) in [5, 5.41) is 14.0. The fraction of sp³-hybridized carbons (Fsp3) is 0.625. The van der Waals surface area contributed by atoms with E-state index in [9.17, 15) is 5.11 Å². The first-order valence-electron chi connectivity index (χ1n) is 7.57. The molecule has 0 amide bonds. The molecular weight excluding hydrogens is 290 g/mol. The number of methoxy groups -OCH3 is 1. The third-order valence-electron chi connectivity index (χ3n) is 3.82. The first kappa shape index (κ1) is 16.4. The summed E-state index contributed by atoms with van der Waals surface area (Å²) in [5.41, 5.74) is 0.957. The number of halogens is 1. The van der Waals surface area contributed by atoms with Crippen molar-refractivity contribution in [2.75, 3.05) is 13.7 Å². The highest BCUT2D eigenvalue weighted by Crippen LogP contribution is 2.37.